The Morgan fingerprint density at radius 1 is 1.03 bits per heavy atom. The lowest BCUT2D eigenvalue weighted by Gasteiger charge is -2.12. The third-order valence-corrected chi connectivity index (χ3v) is 4.81. The van der Waals surface area contributed by atoms with Crippen molar-refractivity contribution in [3.8, 4) is 0 Å². The van der Waals surface area contributed by atoms with Crippen molar-refractivity contribution in [1.82, 2.24) is 20.9 Å². The first-order valence-electron chi connectivity index (χ1n) is 9.97. The molecule has 0 saturated heterocycles. The molecule has 0 atom stereocenters. The van der Waals surface area contributed by atoms with E-state index < -0.39 is 0 Å². The standard InChI is InChI=1S/C23H29N5O.HI/c1-17-8-9-20-19(16-27-21(20)14-17)10-12-25-23(24-2)26-13-11-22(29)28-15-18-6-4-3-5-7-18;/h3-9,14,16,27H,10-13,15H2,1-2H3,(H,28,29)(H2,24,25,26);1H. The Hall–Kier alpha value is -2.55. The maximum absolute atomic E-state index is 12.0. The highest BCUT2D eigenvalue weighted by molar-refractivity contribution is 14.0. The number of amides is 1. The van der Waals surface area contributed by atoms with Crippen LogP contribution in [0, 0.1) is 6.92 Å². The van der Waals surface area contributed by atoms with E-state index in [-0.39, 0.29) is 29.9 Å². The smallest absolute Gasteiger partial charge is 0.222 e. The van der Waals surface area contributed by atoms with Gasteiger partial charge in [0, 0.05) is 50.2 Å². The van der Waals surface area contributed by atoms with Crippen molar-refractivity contribution in [2.75, 3.05) is 20.1 Å². The van der Waals surface area contributed by atoms with Crippen molar-refractivity contribution >= 4 is 46.7 Å². The average Bonchev–Trinajstić information content (AvgIpc) is 3.13. The number of guanidine groups is 1. The maximum atomic E-state index is 12.0. The zero-order valence-corrected chi connectivity index (χ0v) is 19.8. The Kier molecular flexibility index (Phi) is 9.66. The van der Waals surface area contributed by atoms with Crippen molar-refractivity contribution in [3.05, 3.63) is 71.4 Å². The normalized spacial score (nSPS) is 11.1. The summed E-state index contributed by atoms with van der Waals surface area (Å²) in [7, 11) is 1.74. The Balaban J connectivity index is 0.00000320. The number of H-pyrrole nitrogens is 1. The van der Waals surface area contributed by atoms with Crippen LogP contribution in [0.1, 0.15) is 23.1 Å². The average molecular weight is 519 g/mol. The summed E-state index contributed by atoms with van der Waals surface area (Å²) in [5, 5.41) is 10.7. The highest BCUT2D eigenvalue weighted by Crippen LogP contribution is 2.19. The highest BCUT2D eigenvalue weighted by atomic mass is 127. The number of hydrogen-bond acceptors (Lipinski definition) is 2. The molecule has 30 heavy (non-hydrogen) atoms. The number of nitrogens with one attached hydrogen (secondary N) is 4. The summed E-state index contributed by atoms with van der Waals surface area (Å²) < 4.78 is 0. The molecule has 7 heteroatoms. The van der Waals surface area contributed by atoms with Gasteiger partial charge < -0.3 is 20.9 Å². The lowest BCUT2D eigenvalue weighted by molar-refractivity contribution is -0.121. The van der Waals surface area contributed by atoms with Crippen LogP contribution in [0.2, 0.25) is 0 Å². The molecule has 3 rings (SSSR count). The SMILES string of the molecule is CN=C(NCCC(=O)NCc1ccccc1)NCCc1c[nH]c2cc(C)ccc12.I. The number of aromatic amines is 1. The number of benzene rings is 2. The molecule has 1 amide bonds. The molecule has 0 aliphatic carbocycles. The molecule has 0 unspecified atom stereocenters. The second-order valence-electron chi connectivity index (χ2n) is 7.05. The van der Waals surface area contributed by atoms with E-state index in [0.29, 0.717) is 25.5 Å². The molecular formula is C23H30IN5O. The number of carbonyl (C=O) groups excluding carboxylic acids is 1. The van der Waals surface area contributed by atoms with E-state index in [2.05, 4.69) is 57.2 Å². The summed E-state index contributed by atoms with van der Waals surface area (Å²) in [5.74, 6) is 0.724. The predicted molar refractivity (Wildman–Crippen MR) is 134 cm³/mol. The molecule has 160 valence electrons. The van der Waals surface area contributed by atoms with E-state index >= 15 is 0 Å². The molecule has 2 aromatic carbocycles. The van der Waals surface area contributed by atoms with Crippen LogP contribution in [-0.4, -0.2) is 37.0 Å². The van der Waals surface area contributed by atoms with Crippen LogP contribution in [-0.2, 0) is 17.8 Å². The summed E-state index contributed by atoms with van der Waals surface area (Å²) in [6.45, 7) is 3.95. The van der Waals surface area contributed by atoms with Crippen LogP contribution in [0.3, 0.4) is 0 Å². The van der Waals surface area contributed by atoms with Crippen LogP contribution >= 0.6 is 24.0 Å². The fourth-order valence-corrected chi connectivity index (χ4v) is 3.22. The summed E-state index contributed by atoms with van der Waals surface area (Å²) in [5.41, 5.74) is 4.80. The van der Waals surface area contributed by atoms with Crippen molar-refractivity contribution < 1.29 is 4.79 Å². The van der Waals surface area contributed by atoms with Gasteiger partial charge in [0.25, 0.3) is 0 Å². The van der Waals surface area contributed by atoms with Gasteiger partial charge in [-0.15, -0.1) is 24.0 Å². The van der Waals surface area contributed by atoms with Crippen molar-refractivity contribution in [2.45, 2.75) is 26.3 Å². The lowest BCUT2D eigenvalue weighted by atomic mass is 10.1. The fourth-order valence-electron chi connectivity index (χ4n) is 3.22. The van der Waals surface area contributed by atoms with Gasteiger partial charge in [0.2, 0.25) is 5.91 Å². The van der Waals surface area contributed by atoms with Crippen LogP contribution in [0.5, 0.6) is 0 Å². The number of aromatic nitrogens is 1. The van der Waals surface area contributed by atoms with Gasteiger partial charge in [-0.25, -0.2) is 0 Å². The van der Waals surface area contributed by atoms with Gasteiger partial charge in [-0.05, 0) is 36.1 Å². The Labute approximate surface area is 195 Å². The van der Waals surface area contributed by atoms with E-state index in [4.69, 9.17) is 0 Å². The first-order valence-corrected chi connectivity index (χ1v) is 9.97. The number of fused-ring (bicyclic) bond motifs is 1. The summed E-state index contributed by atoms with van der Waals surface area (Å²) >= 11 is 0. The quantitative estimate of drug-likeness (QED) is 0.209. The largest absolute Gasteiger partial charge is 0.361 e. The first-order chi connectivity index (χ1) is 14.2. The highest BCUT2D eigenvalue weighted by Gasteiger charge is 2.05. The minimum absolute atomic E-state index is 0. The summed E-state index contributed by atoms with van der Waals surface area (Å²) in [4.78, 5) is 19.5. The van der Waals surface area contributed by atoms with E-state index in [1.54, 1.807) is 7.05 Å². The number of halogens is 1. The van der Waals surface area contributed by atoms with E-state index in [0.717, 1.165) is 18.5 Å². The molecule has 0 radical (unpaired) electrons. The second-order valence-corrected chi connectivity index (χ2v) is 7.05. The topological polar surface area (TPSA) is 81.3 Å². The Morgan fingerprint density at radius 3 is 2.57 bits per heavy atom. The van der Waals surface area contributed by atoms with Crippen LogP contribution < -0.4 is 16.0 Å². The van der Waals surface area contributed by atoms with Crippen molar-refractivity contribution in [1.29, 1.82) is 0 Å². The molecule has 4 N–H and O–H groups in total. The molecule has 0 bridgehead atoms. The van der Waals surface area contributed by atoms with Crippen LogP contribution in [0.4, 0.5) is 0 Å². The number of aryl methyl sites for hydroxylation is 1. The van der Waals surface area contributed by atoms with Gasteiger partial charge in [0.05, 0.1) is 0 Å². The minimum Gasteiger partial charge on any atom is -0.361 e. The number of hydrogen-bond donors (Lipinski definition) is 4. The summed E-state index contributed by atoms with van der Waals surface area (Å²) in [6, 6.07) is 16.4. The predicted octanol–water partition coefficient (Wildman–Crippen LogP) is 3.51. The van der Waals surface area contributed by atoms with Crippen molar-refractivity contribution in [2.24, 2.45) is 4.99 Å². The van der Waals surface area contributed by atoms with Crippen LogP contribution in [0.15, 0.2) is 59.7 Å². The molecule has 0 fully saturated rings. The summed E-state index contributed by atoms with van der Waals surface area (Å²) in [6.07, 6.45) is 3.36. The van der Waals surface area contributed by atoms with Gasteiger partial charge in [-0.1, -0.05) is 42.5 Å². The zero-order chi connectivity index (χ0) is 20.5. The third kappa shape index (κ3) is 7.05. The van der Waals surface area contributed by atoms with E-state index in [9.17, 15) is 4.79 Å². The molecule has 6 nitrogen and oxygen atoms in total. The number of rotatable bonds is 8. The lowest BCUT2D eigenvalue weighted by Crippen LogP contribution is -2.40. The maximum Gasteiger partial charge on any atom is 0.222 e. The molecule has 0 aliphatic heterocycles. The van der Waals surface area contributed by atoms with Gasteiger partial charge in [0.15, 0.2) is 5.96 Å². The van der Waals surface area contributed by atoms with Crippen LogP contribution in [0.25, 0.3) is 10.9 Å². The van der Waals surface area contributed by atoms with Gasteiger partial charge in [-0.2, -0.15) is 0 Å². The number of aliphatic imine (C=N–C) groups is 1. The molecule has 0 aliphatic rings. The van der Waals surface area contributed by atoms with Crippen molar-refractivity contribution in [3.63, 3.8) is 0 Å². The monoisotopic (exact) mass is 519 g/mol. The molecule has 3 aromatic rings. The number of carbonyl (C=O) groups is 1. The second kappa shape index (κ2) is 12.2. The number of nitrogens with zero attached hydrogens (tertiary/aromatic N) is 1. The van der Waals surface area contributed by atoms with E-state index in [1.807, 2.05) is 30.3 Å². The molecule has 1 aromatic heterocycles. The Bertz CT molecular complexity index is 968. The fraction of sp³-hybridized carbons (Fsp3) is 0.304. The molecule has 0 spiro atoms. The van der Waals surface area contributed by atoms with E-state index in [1.165, 1.54) is 22.0 Å². The third-order valence-electron chi connectivity index (χ3n) is 4.81. The minimum atomic E-state index is 0. The first kappa shape index (κ1) is 23.7. The van der Waals surface area contributed by atoms with Gasteiger partial charge >= 0.3 is 0 Å². The molecule has 1 heterocycles. The Morgan fingerprint density at radius 2 is 1.80 bits per heavy atom. The molecule has 0 saturated carbocycles. The molecular weight excluding hydrogens is 489 g/mol. The van der Waals surface area contributed by atoms with Gasteiger partial charge in [0.1, 0.15) is 0 Å². The zero-order valence-electron chi connectivity index (χ0n) is 17.5. The van der Waals surface area contributed by atoms with Gasteiger partial charge in [-0.3, -0.25) is 9.79 Å².